The normalized spacial score (nSPS) is 18.8. The maximum absolute atomic E-state index is 13.5. The lowest BCUT2D eigenvalue weighted by Crippen LogP contribution is -2.45. The van der Waals surface area contributed by atoms with Crippen LogP contribution in [0, 0.1) is 5.82 Å². The van der Waals surface area contributed by atoms with Crippen LogP contribution in [-0.4, -0.2) is 36.2 Å². The molecule has 1 aliphatic rings. The lowest BCUT2D eigenvalue weighted by molar-refractivity contribution is 0.166. The number of halogens is 2. The Morgan fingerprint density at radius 1 is 1.44 bits per heavy atom. The molecule has 0 radical (unpaired) electrons. The molecule has 1 aromatic rings. The quantitative estimate of drug-likeness (QED) is 0.888. The van der Waals surface area contributed by atoms with Crippen LogP contribution < -0.4 is 5.32 Å². The predicted octanol–water partition coefficient (Wildman–Crippen LogP) is 2.54. The van der Waals surface area contributed by atoms with Crippen molar-refractivity contribution in [3.05, 3.63) is 28.5 Å². The van der Waals surface area contributed by atoms with E-state index in [4.69, 9.17) is 11.6 Å². The zero-order valence-corrected chi connectivity index (χ0v) is 11.2. The first-order valence-electron chi connectivity index (χ1n) is 6.26. The third-order valence-corrected chi connectivity index (χ3v) is 3.61. The molecule has 1 aromatic carbocycles. The van der Waals surface area contributed by atoms with Gasteiger partial charge in [0.15, 0.2) is 11.6 Å². The van der Waals surface area contributed by atoms with Gasteiger partial charge < -0.3 is 10.4 Å². The van der Waals surface area contributed by atoms with Gasteiger partial charge in [-0.1, -0.05) is 18.5 Å². The molecule has 18 heavy (non-hydrogen) atoms. The second-order valence-electron chi connectivity index (χ2n) is 4.54. The summed E-state index contributed by atoms with van der Waals surface area (Å²) in [5.41, 5.74) is 0.587. The summed E-state index contributed by atoms with van der Waals surface area (Å²) in [6.07, 6.45) is 0.813. The van der Waals surface area contributed by atoms with Crippen LogP contribution in [-0.2, 0) is 0 Å². The van der Waals surface area contributed by atoms with E-state index < -0.39 is 5.82 Å². The molecule has 1 saturated heterocycles. The molecule has 100 valence electrons. The Bertz CT molecular complexity index is 422. The highest BCUT2D eigenvalue weighted by molar-refractivity contribution is 6.30. The largest absolute Gasteiger partial charge is 0.505 e. The molecular formula is C13H18ClFN2O. The molecule has 2 N–H and O–H groups in total. The van der Waals surface area contributed by atoms with Crippen molar-refractivity contribution in [1.29, 1.82) is 0 Å². The van der Waals surface area contributed by atoms with Crippen LogP contribution in [0.3, 0.4) is 0 Å². The molecule has 0 unspecified atom stereocenters. The molecule has 1 fully saturated rings. The van der Waals surface area contributed by atoms with Gasteiger partial charge in [0.1, 0.15) is 0 Å². The smallest absolute Gasteiger partial charge is 0.166 e. The van der Waals surface area contributed by atoms with E-state index in [1.807, 2.05) is 6.92 Å². The zero-order valence-electron chi connectivity index (χ0n) is 10.4. The fraction of sp³-hybridized carbons (Fsp3) is 0.538. The highest BCUT2D eigenvalue weighted by Crippen LogP contribution is 2.35. The number of phenols is 1. The molecule has 2 rings (SSSR count). The van der Waals surface area contributed by atoms with Crippen molar-refractivity contribution >= 4 is 11.6 Å². The maximum atomic E-state index is 13.5. The molecule has 1 atom stereocenters. The number of benzene rings is 1. The van der Waals surface area contributed by atoms with Gasteiger partial charge in [-0.15, -0.1) is 0 Å². The fourth-order valence-corrected chi connectivity index (χ4v) is 2.72. The topological polar surface area (TPSA) is 35.5 Å². The summed E-state index contributed by atoms with van der Waals surface area (Å²) in [5, 5.41) is 13.5. The number of rotatable bonds is 3. The molecule has 1 heterocycles. The van der Waals surface area contributed by atoms with Crippen molar-refractivity contribution in [2.75, 3.05) is 26.2 Å². The van der Waals surface area contributed by atoms with Crippen LogP contribution in [0.4, 0.5) is 4.39 Å². The molecular weight excluding hydrogens is 255 g/mol. The van der Waals surface area contributed by atoms with Crippen LogP contribution >= 0.6 is 11.6 Å². The average molecular weight is 273 g/mol. The van der Waals surface area contributed by atoms with Crippen molar-refractivity contribution in [3.8, 4) is 5.75 Å². The van der Waals surface area contributed by atoms with E-state index >= 15 is 0 Å². The summed E-state index contributed by atoms with van der Waals surface area (Å²) in [6, 6.07) is 2.82. The first kappa shape index (κ1) is 13.6. The van der Waals surface area contributed by atoms with Gasteiger partial charge >= 0.3 is 0 Å². The molecule has 5 heteroatoms. The number of hydrogen-bond donors (Lipinski definition) is 2. The predicted molar refractivity (Wildman–Crippen MR) is 70.5 cm³/mol. The third kappa shape index (κ3) is 2.76. The highest BCUT2D eigenvalue weighted by atomic mass is 35.5. The van der Waals surface area contributed by atoms with Gasteiger partial charge in [0, 0.05) is 42.8 Å². The van der Waals surface area contributed by atoms with Gasteiger partial charge in [-0.2, -0.15) is 0 Å². The number of phenolic OH excluding ortho intramolecular Hbond substituents is 1. The average Bonchev–Trinajstić information content (AvgIpc) is 2.37. The molecule has 0 aliphatic carbocycles. The second kappa shape index (κ2) is 5.87. The molecule has 0 bridgehead atoms. The second-order valence-corrected chi connectivity index (χ2v) is 4.97. The minimum atomic E-state index is -0.647. The monoisotopic (exact) mass is 272 g/mol. The van der Waals surface area contributed by atoms with Gasteiger partial charge in [0.2, 0.25) is 0 Å². The van der Waals surface area contributed by atoms with Gasteiger partial charge in [-0.25, -0.2) is 4.39 Å². The molecule has 0 saturated carbocycles. The van der Waals surface area contributed by atoms with E-state index in [0.29, 0.717) is 10.6 Å². The van der Waals surface area contributed by atoms with E-state index in [9.17, 15) is 9.50 Å². The summed E-state index contributed by atoms with van der Waals surface area (Å²) < 4.78 is 13.5. The van der Waals surface area contributed by atoms with E-state index in [1.54, 1.807) is 6.07 Å². The van der Waals surface area contributed by atoms with Crippen molar-refractivity contribution in [2.24, 2.45) is 0 Å². The Kier molecular flexibility index (Phi) is 4.43. The zero-order chi connectivity index (χ0) is 13.1. The molecule has 0 amide bonds. The fourth-order valence-electron chi connectivity index (χ4n) is 2.51. The van der Waals surface area contributed by atoms with Crippen molar-refractivity contribution in [1.82, 2.24) is 10.2 Å². The Labute approximate surface area is 112 Å². The Morgan fingerprint density at radius 3 is 2.72 bits per heavy atom. The van der Waals surface area contributed by atoms with E-state index in [0.717, 1.165) is 38.7 Å². The number of piperazine rings is 1. The number of hydrogen-bond acceptors (Lipinski definition) is 3. The molecule has 3 nitrogen and oxygen atoms in total. The first-order valence-corrected chi connectivity index (χ1v) is 6.64. The molecule has 0 aromatic heterocycles. The Morgan fingerprint density at radius 2 is 2.11 bits per heavy atom. The van der Waals surface area contributed by atoms with Crippen LogP contribution in [0.25, 0.3) is 0 Å². The third-order valence-electron chi connectivity index (χ3n) is 3.40. The standard InChI is InChI=1S/C13H18ClFN2O/c1-2-12(17-5-3-16-4-6-17)10-7-9(14)8-11(15)13(10)18/h7-8,12,16,18H,2-6H2,1H3/t12-/m0/s1. The van der Waals surface area contributed by atoms with Crippen LogP contribution in [0.5, 0.6) is 5.75 Å². The van der Waals surface area contributed by atoms with Gasteiger partial charge in [-0.3, -0.25) is 4.90 Å². The SMILES string of the molecule is CC[C@@H](c1cc(Cl)cc(F)c1O)N1CCNCC1. The van der Waals surface area contributed by atoms with Gasteiger partial charge in [0.25, 0.3) is 0 Å². The highest BCUT2D eigenvalue weighted by Gasteiger charge is 2.24. The van der Waals surface area contributed by atoms with E-state index in [1.165, 1.54) is 0 Å². The minimum Gasteiger partial charge on any atom is -0.505 e. The minimum absolute atomic E-state index is 0.0142. The summed E-state index contributed by atoms with van der Waals surface area (Å²) >= 11 is 5.88. The maximum Gasteiger partial charge on any atom is 0.166 e. The van der Waals surface area contributed by atoms with E-state index in [-0.39, 0.29) is 11.8 Å². The summed E-state index contributed by atoms with van der Waals surface area (Å²) in [6.45, 7) is 5.66. The van der Waals surface area contributed by atoms with Crippen LogP contribution in [0.2, 0.25) is 5.02 Å². The first-order chi connectivity index (χ1) is 8.63. The van der Waals surface area contributed by atoms with Crippen molar-refractivity contribution in [3.63, 3.8) is 0 Å². The Balaban J connectivity index is 2.31. The molecule has 1 aliphatic heterocycles. The van der Waals surface area contributed by atoms with Crippen molar-refractivity contribution < 1.29 is 9.50 Å². The van der Waals surface area contributed by atoms with Crippen LogP contribution in [0.15, 0.2) is 12.1 Å². The lowest BCUT2D eigenvalue weighted by atomic mass is 10.0. The number of nitrogens with one attached hydrogen (secondary N) is 1. The van der Waals surface area contributed by atoms with Crippen molar-refractivity contribution in [2.45, 2.75) is 19.4 Å². The number of aromatic hydroxyl groups is 1. The summed E-state index contributed by atoms with van der Waals surface area (Å²) in [5.74, 6) is -0.920. The van der Waals surface area contributed by atoms with E-state index in [2.05, 4.69) is 10.2 Å². The van der Waals surface area contributed by atoms with Gasteiger partial charge in [0.05, 0.1) is 0 Å². The summed E-state index contributed by atoms with van der Waals surface area (Å²) in [7, 11) is 0. The van der Waals surface area contributed by atoms with Gasteiger partial charge in [-0.05, 0) is 18.6 Å². The Hall–Kier alpha value is -0.840. The summed E-state index contributed by atoms with van der Waals surface area (Å²) in [4.78, 5) is 2.25. The molecule has 0 spiro atoms. The number of nitrogens with zero attached hydrogens (tertiary/aromatic N) is 1. The van der Waals surface area contributed by atoms with Crippen LogP contribution in [0.1, 0.15) is 24.9 Å². The lowest BCUT2D eigenvalue weighted by Gasteiger charge is -2.35.